The highest BCUT2D eigenvalue weighted by Crippen LogP contribution is 2.61. The molecule has 0 saturated heterocycles. The smallest absolute Gasteiger partial charge is 0.373 e. The van der Waals surface area contributed by atoms with Gasteiger partial charge in [-0.2, -0.15) is 21.6 Å². The molecule has 1 aliphatic rings. The van der Waals surface area contributed by atoms with E-state index in [4.69, 9.17) is 0 Å². The van der Waals surface area contributed by atoms with Crippen molar-refractivity contribution in [3.05, 3.63) is 0 Å². The molecule has 1 atom stereocenters. The second-order valence-electron chi connectivity index (χ2n) is 4.42. The first-order valence-corrected chi connectivity index (χ1v) is 6.38. The van der Waals surface area contributed by atoms with Gasteiger partial charge >= 0.3 is 6.18 Å². The Morgan fingerprint density at radius 3 is 2.12 bits per heavy atom. The van der Waals surface area contributed by atoms with Gasteiger partial charge in [0.2, 0.25) is 0 Å². The van der Waals surface area contributed by atoms with E-state index in [9.17, 15) is 26.7 Å². The van der Waals surface area contributed by atoms with E-state index in [2.05, 4.69) is 4.18 Å². The Labute approximate surface area is 92.3 Å². The van der Waals surface area contributed by atoms with Gasteiger partial charge in [-0.05, 0) is 12.8 Å². The zero-order valence-corrected chi connectivity index (χ0v) is 9.65. The molecular formula is C7H12BF3O4S. The first-order valence-electron chi connectivity index (χ1n) is 4.57. The lowest BCUT2D eigenvalue weighted by Gasteiger charge is -2.29. The minimum absolute atomic E-state index is 0.111. The van der Waals surface area contributed by atoms with Crippen molar-refractivity contribution in [1.29, 1.82) is 0 Å². The van der Waals surface area contributed by atoms with E-state index in [-0.39, 0.29) is 12.8 Å². The summed E-state index contributed by atoms with van der Waals surface area (Å²) < 4.78 is 63.3. The van der Waals surface area contributed by atoms with Crippen molar-refractivity contribution in [3.8, 4) is 0 Å². The third kappa shape index (κ3) is 3.36. The van der Waals surface area contributed by atoms with Gasteiger partial charge in [0.05, 0.1) is 11.7 Å². The molecule has 0 aromatic carbocycles. The first-order chi connectivity index (χ1) is 6.87. The van der Waals surface area contributed by atoms with Gasteiger partial charge in [-0.15, -0.1) is 0 Å². The zero-order chi connectivity index (χ0) is 12.8. The Morgan fingerprint density at radius 2 is 1.88 bits per heavy atom. The summed E-state index contributed by atoms with van der Waals surface area (Å²) in [5, 5.41) is 9.49. The molecule has 4 nitrogen and oxygen atoms in total. The summed E-state index contributed by atoms with van der Waals surface area (Å²) in [4.78, 5) is 0. The highest BCUT2D eigenvalue weighted by atomic mass is 32.2. The SMILES string of the molecule is BC(O)(CC1(C(F)(F)F)CC1)OS(C)(=O)=O. The molecular weight excluding hydrogens is 248 g/mol. The van der Waals surface area contributed by atoms with Crippen LogP contribution in [0.4, 0.5) is 13.2 Å². The maximum atomic E-state index is 12.5. The topological polar surface area (TPSA) is 63.6 Å². The van der Waals surface area contributed by atoms with Crippen LogP contribution in [0.1, 0.15) is 19.3 Å². The van der Waals surface area contributed by atoms with E-state index >= 15 is 0 Å². The van der Waals surface area contributed by atoms with Crippen LogP contribution >= 0.6 is 0 Å². The van der Waals surface area contributed by atoms with Crippen LogP contribution in [0, 0.1) is 5.41 Å². The predicted octanol–water partition coefficient (Wildman–Crippen LogP) is -0.0256. The lowest BCUT2D eigenvalue weighted by molar-refractivity contribution is -0.210. The molecule has 1 saturated carbocycles. The van der Waals surface area contributed by atoms with Gasteiger partial charge in [-0.1, -0.05) is 0 Å². The quantitative estimate of drug-likeness (QED) is 0.438. The average molecular weight is 260 g/mol. The highest BCUT2D eigenvalue weighted by molar-refractivity contribution is 7.86. The summed E-state index contributed by atoms with van der Waals surface area (Å²) >= 11 is 0. The fraction of sp³-hybridized carbons (Fsp3) is 1.00. The van der Waals surface area contributed by atoms with Crippen molar-refractivity contribution in [2.45, 2.75) is 31.1 Å². The standard InChI is InChI=1S/C7H12BF3O4S/c1-16(13,14)15-6(8,12)4-5(2-3-5)7(9,10)11/h12H,2-4,8H2,1H3. The molecule has 0 heterocycles. The summed E-state index contributed by atoms with van der Waals surface area (Å²) in [6.07, 6.45) is -4.76. The average Bonchev–Trinajstić information content (AvgIpc) is 2.58. The molecule has 1 rings (SSSR count). The second-order valence-corrected chi connectivity index (χ2v) is 5.99. The van der Waals surface area contributed by atoms with E-state index in [0.717, 1.165) is 7.85 Å². The van der Waals surface area contributed by atoms with Crippen molar-refractivity contribution < 1.29 is 30.9 Å². The van der Waals surface area contributed by atoms with Crippen LogP contribution in [0.3, 0.4) is 0 Å². The molecule has 1 unspecified atom stereocenters. The molecule has 0 spiro atoms. The molecule has 1 aliphatic carbocycles. The summed E-state index contributed by atoms with van der Waals surface area (Å²) in [5.74, 6) is 0. The van der Waals surface area contributed by atoms with E-state index < -0.39 is 33.8 Å². The molecule has 1 N–H and O–H groups in total. The Hall–Kier alpha value is -0.275. The van der Waals surface area contributed by atoms with Crippen molar-refractivity contribution in [2.24, 2.45) is 5.41 Å². The van der Waals surface area contributed by atoms with Crippen LogP contribution in [0.15, 0.2) is 0 Å². The normalized spacial score (nSPS) is 23.8. The van der Waals surface area contributed by atoms with Gasteiger partial charge in [0.25, 0.3) is 10.1 Å². The molecule has 0 aromatic rings. The van der Waals surface area contributed by atoms with E-state index in [1.165, 1.54) is 0 Å². The molecule has 0 aromatic heterocycles. The second kappa shape index (κ2) is 3.61. The molecule has 9 heteroatoms. The first kappa shape index (κ1) is 13.8. The van der Waals surface area contributed by atoms with E-state index in [1.807, 2.05) is 0 Å². The van der Waals surface area contributed by atoms with Crippen molar-refractivity contribution in [1.82, 2.24) is 0 Å². The Kier molecular flexibility index (Phi) is 3.11. The van der Waals surface area contributed by atoms with Crippen LogP contribution in [0.2, 0.25) is 0 Å². The van der Waals surface area contributed by atoms with Crippen LogP contribution < -0.4 is 0 Å². The third-order valence-electron chi connectivity index (χ3n) is 2.45. The third-order valence-corrected chi connectivity index (χ3v) is 3.11. The molecule has 0 radical (unpaired) electrons. The monoisotopic (exact) mass is 260 g/mol. The Balaban J connectivity index is 2.74. The lowest BCUT2D eigenvalue weighted by Crippen LogP contribution is -2.41. The van der Waals surface area contributed by atoms with Gasteiger partial charge < -0.3 is 5.11 Å². The molecule has 0 amide bonds. The number of aliphatic hydroxyl groups is 1. The van der Waals surface area contributed by atoms with Gasteiger partial charge in [0, 0.05) is 6.42 Å². The highest BCUT2D eigenvalue weighted by Gasteiger charge is 2.65. The summed E-state index contributed by atoms with van der Waals surface area (Å²) in [6.45, 7) is 0. The van der Waals surface area contributed by atoms with Gasteiger partial charge in [0.15, 0.2) is 7.85 Å². The fourth-order valence-electron chi connectivity index (χ4n) is 1.69. The minimum Gasteiger partial charge on any atom is -0.373 e. The number of alkyl halides is 3. The minimum atomic E-state index is -4.45. The zero-order valence-electron chi connectivity index (χ0n) is 8.84. The Bertz CT molecular complexity index is 372. The van der Waals surface area contributed by atoms with Crippen LogP contribution in [-0.4, -0.2) is 39.5 Å². The predicted molar refractivity (Wildman–Crippen MR) is 51.8 cm³/mol. The number of rotatable bonds is 4. The van der Waals surface area contributed by atoms with Crippen molar-refractivity contribution in [3.63, 3.8) is 0 Å². The summed E-state index contributed by atoms with van der Waals surface area (Å²) in [7, 11) is -3.07. The van der Waals surface area contributed by atoms with Gasteiger partial charge in [-0.25, -0.2) is 4.18 Å². The molecule has 0 aliphatic heterocycles. The van der Waals surface area contributed by atoms with Crippen LogP contribution in [0.5, 0.6) is 0 Å². The fourth-order valence-corrected chi connectivity index (χ4v) is 2.41. The van der Waals surface area contributed by atoms with Crippen molar-refractivity contribution >= 4 is 18.0 Å². The summed E-state index contributed by atoms with van der Waals surface area (Å²) in [6, 6.07) is 0. The van der Waals surface area contributed by atoms with Crippen LogP contribution in [-0.2, 0) is 14.3 Å². The number of halogens is 3. The Morgan fingerprint density at radius 1 is 1.44 bits per heavy atom. The van der Waals surface area contributed by atoms with E-state index in [1.54, 1.807) is 0 Å². The van der Waals surface area contributed by atoms with Gasteiger partial charge in [0.1, 0.15) is 5.69 Å². The van der Waals surface area contributed by atoms with Gasteiger partial charge in [-0.3, -0.25) is 0 Å². The largest absolute Gasteiger partial charge is 0.394 e. The molecule has 16 heavy (non-hydrogen) atoms. The molecule has 1 fully saturated rings. The molecule has 0 bridgehead atoms. The van der Waals surface area contributed by atoms with E-state index in [0.29, 0.717) is 6.26 Å². The number of hydrogen-bond acceptors (Lipinski definition) is 4. The number of hydrogen-bond donors (Lipinski definition) is 1. The molecule has 94 valence electrons. The maximum absolute atomic E-state index is 12.5. The maximum Gasteiger partial charge on any atom is 0.394 e. The van der Waals surface area contributed by atoms with Crippen molar-refractivity contribution in [2.75, 3.05) is 6.26 Å². The summed E-state index contributed by atoms with van der Waals surface area (Å²) in [5.41, 5.74) is -4.32. The lowest BCUT2D eigenvalue weighted by atomic mass is 9.83. The van der Waals surface area contributed by atoms with Crippen LogP contribution in [0.25, 0.3) is 0 Å².